The number of methoxy groups -OCH3 is 1. The largest absolute Gasteiger partial charge is 0.497 e. The first-order valence-corrected chi connectivity index (χ1v) is 7.00. The lowest BCUT2D eigenvalue weighted by atomic mass is 10.2. The summed E-state index contributed by atoms with van der Waals surface area (Å²) in [6.07, 6.45) is 1.51. The molecule has 0 saturated heterocycles. The molecule has 0 aliphatic rings. The Balaban J connectivity index is 2.35. The number of esters is 1. The lowest BCUT2D eigenvalue weighted by Gasteiger charge is -1.99. The molecule has 0 amide bonds. The number of hydrogen-bond acceptors (Lipinski definition) is 5. The Morgan fingerprint density at radius 3 is 2.52 bits per heavy atom. The zero-order chi connectivity index (χ0) is 15.2. The Labute approximate surface area is 123 Å². The van der Waals surface area contributed by atoms with Crippen molar-refractivity contribution in [1.29, 1.82) is 0 Å². The van der Waals surface area contributed by atoms with E-state index in [1.54, 1.807) is 14.0 Å². The molecule has 1 heterocycles. The molecule has 2 aromatic rings. The minimum absolute atomic E-state index is 0.268. The van der Waals surface area contributed by atoms with E-state index >= 15 is 0 Å². The monoisotopic (exact) mass is 289 g/mol. The summed E-state index contributed by atoms with van der Waals surface area (Å²) in [6, 6.07) is 7.33. The summed E-state index contributed by atoms with van der Waals surface area (Å²) in [5, 5.41) is 0. The van der Waals surface area contributed by atoms with Gasteiger partial charge < -0.3 is 13.9 Å². The molecule has 0 N–H and O–H groups in total. The van der Waals surface area contributed by atoms with E-state index in [-0.39, 0.29) is 5.69 Å². The zero-order valence-electron chi connectivity index (χ0n) is 12.5. The van der Waals surface area contributed by atoms with Crippen LogP contribution in [0.2, 0.25) is 0 Å². The Morgan fingerprint density at radius 2 is 1.95 bits per heavy atom. The number of ether oxygens (including phenoxy) is 2. The van der Waals surface area contributed by atoms with Gasteiger partial charge in [-0.1, -0.05) is 6.92 Å². The number of rotatable bonds is 6. The number of carbonyl (C=O) groups is 1. The molecule has 5 nitrogen and oxygen atoms in total. The van der Waals surface area contributed by atoms with Gasteiger partial charge in [-0.3, -0.25) is 0 Å². The first-order valence-electron chi connectivity index (χ1n) is 7.00. The molecule has 0 radical (unpaired) electrons. The minimum Gasteiger partial charge on any atom is -0.497 e. The molecule has 0 saturated carbocycles. The van der Waals surface area contributed by atoms with E-state index in [1.807, 2.05) is 31.2 Å². The standard InChI is InChI=1S/C16H19NO4/c1-4-6-13-14(16(18)20-5-2)17-15(21-13)11-7-9-12(19-3)10-8-11/h7-10H,4-6H2,1-3H3. The van der Waals surface area contributed by atoms with Crippen LogP contribution in [0.5, 0.6) is 5.75 Å². The Kier molecular flexibility index (Phi) is 4.98. The van der Waals surface area contributed by atoms with Crippen molar-refractivity contribution in [1.82, 2.24) is 4.98 Å². The van der Waals surface area contributed by atoms with Gasteiger partial charge in [0.05, 0.1) is 13.7 Å². The highest BCUT2D eigenvalue weighted by atomic mass is 16.5. The summed E-state index contributed by atoms with van der Waals surface area (Å²) < 4.78 is 15.9. The topological polar surface area (TPSA) is 61.6 Å². The second kappa shape index (κ2) is 6.92. The molecule has 112 valence electrons. The van der Waals surface area contributed by atoms with Crippen LogP contribution in [0.1, 0.15) is 36.5 Å². The fourth-order valence-electron chi connectivity index (χ4n) is 1.96. The number of carbonyl (C=O) groups excluding carboxylic acids is 1. The van der Waals surface area contributed by atoms with Gasteiger partial charge in [-0.25, -0.2) is 9.78 Å². The zero-order valence-corrected chi connectivity index (χ0v) is 12.5. The molecule has 21 heavy (non-hydrogen) atoms. The molecule has 0 bridgehead atoms. The molecule has 1 aromatic carbocycles. The van der Waals surface area contributed by atoms with Crippen molar-refractivity contribution in [3.05, 3.63) is 35.7 Å². The number of nitrogens with zero attached hydrogens (tertiary/aromatic N) is 1. The third kappa shape index (κ3) is 3.42. The first kappa shape index (κ1) is 15.1. The lowest BCUT2D eigenvalue weighted by Crippen LogP contribution is -2.07. The van der Waals surface area contributed by atoms with Crippen LogP contribution in [0.4, 0.5) is 0 Å². The summed E-state index contributed by atoms with van der Waals surface area (Å²) in [4.78, 5) is 16.2. The van der Waals surface area contributed by atoms with E-state index < -0.39 is 5.97 Å². The number of aromatic nitrogens is 1. The van der Waals surface area contributed by atoms with Crippen LogP contribution < -0.4 is 4.74 Å². The fourth-order valence-corrected chi connectivity index (χ4v) is 1.96. The third-order valence-electron chi connectivity index (χ3n) is 2.98. The van der Waals surface area contributed by atoms with Crippen molar-refractivity contribution in [2.24, 2.45) is 0 Å². The predicted molar refractivity (Wildman–Crippen MR) is 78.4 cm³/mol. The van der Waals surface area contributed by atoms with Crippen LogP contribution in [0.25, 0.3) is 11.5 Å². The van der Waals surface area contributed by atoms with Crippen LogP contribution in [0.3, 0.4) is 0 Å². The average Bonchev–Trinajstić information content (AvgIpc) is 2.92. The van der Waals surface area contributed by atoms with Crippen LogP contribution in [-0.4, -0.2) is 24.7 Å². The first-order chi connectivity index (χ1) is 10.2. The summed E-state index contributed by atoms with van der Waals surface area (Å²) in [6.45, 7) is 4.10. The Morgan fingerprint density at radius 1 is 1.24 bits per heavy atom. The predicted octanol–water partition coefficient (Wildman–Crippen LogP) is 3.48. The van der Waals surface area contributed by atoms with Gasteiger partial charge in [-0.15, -0.1) is 0 Å². The van der Waals surface area contributed by atoms with Crippen molar-refractivity contribution < 1.29 is 18.7 Å². The number of hydrogen-bond donors (Lipinski definition) is 0. The van der Waals surface area contributed by atoms with Crippen molar-refractivity contribution in [2.45, 2.75) is 26.7 Å². The van der Waals surface area contributed by atoms with Gasteiger partial charge in [0.25, 0.3) is 0 Å². The molecule has 2 rings (SSSR count). The van der Waals surface area contributed by atoms with Crippen molar-refractivity contribution in [2.75, 3.05) is 13.7 Å². The molecular formula is C16H19NO4. The second-order valence-electron chi connectivity index (χ2n) is 4.49. The van der Waals surface area contributed by atoms with Crippen LogP contribution in [0.15, 0.2) is 28.7 Å². The van der Waals surface area contributed by atoms with E-state index in [2.05, 4.69) is 4.98 Å². The summed E-state index contributed by atoms with van der Waals surface area (Å²) >= 11 is 0. The maximum atomic E-state index is 11.9. The molecule has 0 aliphatic heterocycles. The van der Waals surface area contributed by atoms with E-state index in [4.69, 9.17) is 13.9 Å². The summed E-state index contributed by atoms with van der Waals surface area (Å²) in [5.41, 5.74) is 1.06. The SMILES string of the molecule is CCCc1oc(-c2ccc(OC)cc2)nc1C(=O)OCC. The summed E-state index contributed by atoms with van der Waals surface area (Å²) in [5.74, 6) is 1.31. The van der Waals surface area contributed by atoms with Gasteiger partial charge >= 0.3 is 5.97 Å². The molecule has 0 fully saturated rings. The molecule has 5 heteroatoms. The molecule has 0 spiro atoms. The molecular weight excluding hydrogens is 270 g/mol. The maximum absolute atomic E-state index is 11.9. The Bertz CT molecular complexity index is 601. The number of benzene rings is 1. The number of aryl methyl sites for hydroxylation is 1. The van der Waals surface area contributed by atoms with Gasteiger partial charge in [0.2, 0.25) is 5.89 Å². The normalized spacial score (nSPS) is 10.4. The lowest BCUT2D eigenvalue weighted by molar-refractivity contribution is 0.0517. The van der Waals surface area contributed by atoms with Gasteiger partial charge in [0.15, 0.2) is 5.69 Å². The highest BCUT2D eigenvalue weighted by molar-refractivity contribution is 5.89. The van der Waals surface area contributed by atoms with Crippen LogP contribution >= 0.6 is 0 Å². The molecule has 0 aliphatic carbocycles. The molecule has 1 aromatic heterocycles. The van der Waals surface area contributed by atoms with E-state index in [0.717, 1.165) is 17.7 Å². The quantitative estimate of drug-likeness (QED) is 0.762. The van der Waals surface area contributed by atoms with Crippen LogP contribution in [0, 0.1) is 0 Å². The highest BCUT2D eigenvalue weighted by Crippen LogP contribution is 2.25. The highest BCUT2D eigenvalue weighted by Gasteiger charge is 2.21. The van der Waals surface area contributed by atoms with Crippen molar-refractivity contribution in [3.63, 3.8) is 0 Å². The van der Waals surface area contributed by atoms with Gasteiger partial charge in [-0.2, -0.15) is 0 Å². The van der Waals surface area contributed by atoms with Gasteiger partial charge in [0, 0.05) is 12.0 Å². The van der Waals surface area contributed by atoms with E-state index in [1.165, 1.54) is 0 Å². The van der Waals surface area contributed by atoms with Crippen LogP contribution in [-0.2, 0) is 11.2 Å². The maximum Gasteiger partial charge on any atom is 0.360 e. The third-order valence-corrected chi connectivity index (χ3v) is 2.98. The van der Waals surface area contributed by atoms with E-state index in [9.17, 15) is 4.79 Å². The van der Waals surface area contributed by atoms with Gasteiger partial charge in [0.1, 0.15) is 11.5 Å². The Hall–Kier alpha value is -2.30. The van der Waals surface area contributed by atoms with Crippen molar-refractivity contribution >= 4 is 5.97 Å². The fraction of sp³-hybridized carbons (Fsp3) is 0.375. The average molecular weight is 289 g/mol. The second-order valence-corrected chi connectivity index (χ2v) is 4.49. The van der Waals surface area contributed by atoms with Gasteiger partial charge in [-0.05, 0) is 37.6 Å². The molecule has 0 atom stereocenters. The smallest absolute Gasteiger partial charge is 0.360 e. The number of oxazole rings is 1. The van der Waals surface area contributed by atoms with Crippen molar-refractivity contribution in [3.8, 4) is 17.2 Å². The minimum atomic E-state index is -0.440. The molecule has 0 unspecified atom stereocenters. The van der Waals surface area contributed by atoms with E-state index in [0.29, 0.717) is 24.7 Å². The summed E-state index contributed by atoms with van der Waals surface area (Å²) in [7, 11) is 1.61.